The molecule has 2 rings (SSSR count). The summed E-state index contributed by atoms with van der Waals surface area (Å²) in [6.45, 7) is 0. The van der Waals surface area contributed by atoms with Crippen LogP contribution in [0.1, 0.15) is 10.5 Å². The van der Waals surface area contributed by atoms with Crippen LogP contribution in [0.4, 0.5) is 4.48 Å². The molecule has 3 nitrogen and oxygen atoms in total. The van der Waals surface area contributed by atoms with Crippen LogP contribution in [-0.2, 0) is 0 Å². The van der Waals surface area contributed by atoms with Crippen molar-refractivity contribution in [1.82, 2.24) is 10.1 Å². The van der Waals surface area contributed by atoms with Crippen molar-refractivity contribution >= 4 is 16.8 Å². The maximum absolute atomic E-state index is 13.5. The van der Waals surface area contributed by atoms with Gasteiger partial charge in [-0.25, -0.2) is 0 Å². The third kappa shape index (κ3) is 1.16. The van der Waals surface area contributed by atoms with Crippen molar-refractivity contribution in [1.29, 1.82) is 0 Å². The average molecular weight is 192 g/mol. The van der Waals surface area contributed by atoms with Crippen molar-refractivity contribution in [2.75, 3.05) is 7.05 Å². The van der Waals surface area contributed by atoms with E-state index in [1.54, 1.807) is 24.3 Å². The molecule has 0 aliphatic heterocycles. The molecule has 0 spiro atoms. The Kier molecular flexibility index (Phi) is 1.96. The second kappa shape index (κ2) is 3.14. The van der Waals surface area contributed by atoms with Crippen molar-refractivity contribution in [3.8, 4) is 0 Å². The maximum Gasteiger partial charge on any atom is 0.270 e. The lowest BCUT2D eigenvalue weighted by Gasteiger charge is -1.97. The van der Waals surface area contributed by atoms with Crippen LogP contribution in [0.25, 0.3) is 10.9 Å². The van der Waals surface area contributed by atoms with Crippen molar-refractivity contribution < 1.29 is 9.28 Å². The Labute approximate surface area is 80.1 Å². The van der Waals surface area contributed by atoms with E-state index in [9.17, 15) is 9.28 Å². The van der Waals surface area contributed by atoms with Gasteiger partial charge in [-0.05, 0) is 12.1 Å². The van der Waals surface area contributed by atoms with E-state index in [1.165, 1.54) is 13.1 Å². The van der Waals surface area contributed by atoms with Gasteiger partial charge in [0, 0.05) is 12.4 Å². The predicted molar refractivity (Wildman–Crippen MR) is 51.8 cm³/mol. The standard InChI is InChI=1S/C10H9FN2O/c1-12-10(14)9-6-7-4-2-3-5-8(7)13(9)11/h2-6H,1H3,(H,12,14). The molecule has 1 aromatic carbocycles. The summed E-state index contributed by atoms with van der Waals surface area (Å²) < 4.78 is 13.5. The number of aromatic nitrogens is 1. The number of amides is 1. The highest BCUT2D eigenvalue weighted by molar-refractivity contribution is 5.98. The fraction of sp³-hybridized carbons (Fsp3) is 0.100. The van der Waals surface area contributed by atoms with Gasteiger partial charge < -0.3 is 5.32 Å². The maximum atomic E-state index is 13.5. The summed E-state index contributed by atoms with van der Waals surface area (Å²) in [6.07, 6.45) is 0. The summed E-state index contributed by atoms with van der Waals surface area (Å²) >= 11 is 0. The number of para-hydroxylation sites is 1. The number of hydrogen-bond acceptors (Lipinski definition) is 1. The normalized spacial score (nSPS) is 10.4. The number of benzene rings is 1. The number of rotatable bonds is 1. The summed E-state index contributed by atoms with van der Waals surface area (Å²) in [5.41, 5.74) is 0.430. The summed E-state index contributed by atoms with van der Waals surface area (Å²) in [7, 11) is 1.47. The third-order valence-corrected chi connectivity index (χ3v) is 2.11. The summed E-state index contributed by atoms with van der Waals surface area (Å²) in [5, 5.41) is 3.10. The molecule has 0 unspecified atom stereocenters. The molecular weight excluding hydrogens is 183 g/mol. The van der Waals surface area contributed by atoms with Crippen LogP contribution < -0.4 is 5.32 Å². The highest BCUT2D eigenvalue weighted by atomic mass is 19.2. The first kappa shape index (κ1) is 8.74. The fourth-order valence-corrected chi connectivity index (χ4v) is 1.40. The van der Waals surface area contributed by atoms with E-state index in [0.29, 0.717) is 15.7 Å². The molecular formula is C10H9FN2O. The molecule has 14 heavy (non-hydrogen) atoms. The van der Waals surface area contributed by atoms with Gasteiger partial charge in [0.2, 0.25) is 0 Å². The van der Waals surface area contributed by atoms with Gasteiger partial charge in [0.05, 0.1) is 5.52 Å². The van der Waals surface area contributed by atoms with E-state index in [0.717, 1.165) is 0 Å². The molecule has 2 aromatic rings. The first-order valence-electron chi connectivity index (χ1n) is 4.23. The lowest BCUT2D eigenvalue weighted by Crippen LogP contribution is -2.19. The van der Waals surface area contributed by atoms with Gasteiger partial charge in [-0.1, -0.05) is 22.7 Å². The lowest BCUT2D eigenvalue weighted by molar-refractivity contribution is 0.0945. The average Bonchev–Trinajstić information content (AvgIpc) is 2.56. The predicted octanol–water partition coefficient (Wildman–Crippen LogP) is 1.73. The van der Waals surface area contributed by atoms with Gasteiger partial charge in [-0.3, -0.25) is 4.79 Å². The van der Waals surface area contributed by atoms with Crippen LogP contribution >= 0.6 is 0 Å². The molecule has 0 radical (unpaired) electrons. The lowest BCUT2D eigenvalue weighted by atomic mass is 10.2. The molecule has 0 fully saturated rings. The number of nitrogens with zero attached hydrogens (tertiary/aromatic N) is 1. The summed E-state index contributed by atoms with van der Waals surface area (Å²) in [5.74, 6) is -0.427. The molecule has 0 bridgehead atoms. The summed E-state index contributed by atoms with van der Waals surface area (Å²) in [6, 6.07) is 8.44. The van der Waals surface area contributed by atoms with E-state index in [2.05, 4.69) is 5.32 Å². The third-order valence-electron chi connectivity index (χ3n) is 2.11. The molecule has 4 heteroatoms. The molecule has 0 saturated carbocycles. The van der Waals surface area contributed by atoms with Gasteiger partial charge in [-0.15, -0.1) is 0 Å². The van der Waals surface area contributed by atoms with E-state index >= 15 is 0 Å². The molecule has 1 aromatic heterocycles. The van der Waals surface area contributed by atoms with Crippen molar-refractivity contribution in [2.24, 2.45) is 0 Å². The number of halogens is 1. The quantitative estimate of drug-likeness (QED) is 0.733. The van der Waals surface area contributed by atoms with Crippen molar-refractivity contribution in [3.05, 3.63) is 36.0 Å². The molecule has 1 heterocycles. The minimum atomic E-state index is -0.427. The number of hydrogen-bond donors (Lipinski definition) is 1. The van der Waals surface area contributed by atoms with Gasteiger partial charge in [0.25, 0.3) is 5.91 Å². The zero-order chi connectivity index (χ0) is 10.1. The van der Waals surface area contributed by atoms with Crippen LogP contribution in [-0.4, -0.2) is 17.7 Å². The largest absolute Gasteiger partial charge is 0.354 e. The number of fused-ring (bicyclic) bond motifs is 1. The summed E-state index contributed by atoms with van der Waals surface area (Å²) in [4.78, 5) is 11.6. The highest BCUT2D eigenvalue weighted by Crippen LogP contribution is 2.19. The van der Waals surface area contributed by atoms with E-state index in [4.69, 9.17) is 0 Å². The molecule has 0 aliphatic carbocycles. The van der Waals surface area contributed by atoms with Crippen LogP contribution in [0.2, 0.25) is 0 Å². The smallest absolute Gasteiger partial charge is 0.270 e. The highest BCUT2D eigenvalue weighted by Gasteiger charge is 2.13. The van der Waals surface area contributed by atoms with Gasteiger partial charge in [-0.2, -0.15) is 4.79 Å². The Bertz CT molecular complexity index is 490. The van der Waals surface area contributed by atoms with Crippen molar-refractivity contribution in [3.63, 3.8) is 0 Å². The zero-order valence-corrected chi connectivity index (χ0v) is 7.62. The van der Waals surface area contributed by atoms with Crippen LogP contribution in [0.15, 0.2) is 30.3 Å². The topological polar surface area (TPSA) is 34.0 Å². The number of carbonyl (C=O) groups is 1. The Balaban J connectivity index is 2.68. The van der Waals surface area contributed by atoms with E-state index < -0.39 is 5.91 Å². The Morgan fingerprint density at radius 1 is 1.43 bits per heavy atom. The van der Waals surface area contributed by atoms with Crippen molar-refractivity contribution in [2.45, 2.75) is 0 Å². The van der Waals surface area contributed by atoms with Crippen LogP contribution in [0.5, 0.6) is 0 Å². The minimum absolute atomic E-state index is 0.0219. The Morgan fingerprint density at radius 2 is 2.14 bits per heavy atom. The molecule has 0 aliphatic rings. The number of carbonyl (C=O) groups excluding carboxylic acids is 1. The van der Waals surface area contributed by atoms with Gasteiger partial charge in [0.1, 0.15) is 5.69 Å². The number of nitrogens with one attached hydrogen (secondary N) is 1. The first-order valence-corrected chi connectivity index (χ1v) is 4.23. The van der Waals surface area contributed by atoms with Gasteiger partial charge in [0.15, 0.2) is 0 Å². The Hall–Kier alpha value is -1.84. The first-order chi connectivity index (χ1) is 6.74. The van der Waals surface area contributed by atoms with Crippen LogP contribution in [0, 0.1) is 0 Å². The van der Waals surface area contributed by atoms with E-state index in [1.807, 2.05) is 0 Å². The molecule has 0 saturated heterocycles. The zero-order valence-electron chi connectivity index (χ0n) is 7.62. The molecule has 0 atom stereocenters. The molecule has 72 valence electrons. The Morgan fingerprint density at radius 3 is 2.79 bits per heavy atom. The second-order valence-electron chi connectivity index (χ2n) is 2.95. The second-order valence-corrected chi connectivity index (χ2v) is 2.95. The SMILES string of the molecule is CNC(=O)c1cc2ccccc2n1F. The van der Waals surface area contributed by atoms with Gasteiger partial charge >= 0.3 is 0 Å². The fourth-order valence-electron chi connectivity index (χ4n) is 1.40. The molecule has 1 N–H and O–H groups in total. The monoisotopic (exact) mass is 192 g/mol. The van der Waals surface area contributed by atoms with E-state index in [-0.39, 0.29) is 5.69 Å². The minimum Gasteiger partial charge on any atom is -0.354 e. The van der Waals surface area contributed by atoms with Crippen LogP contribution in [0.3, 0.4) is 0 Å². The molecule has 1 amide bonds.